The number of carbonyl (C=O) groups excluding carboxylic acids is 2. The molecule has 1 rings (SSSR count). The number of rotatable bonds is 1. The number of amides is 1. The molecule has 1 aliphatic rings. The molecule has 0 aliphatic carbocycles. The zero-order valence-corrected chi connectivity index (χ0v) is 7.75. The zero-order chi connectivity index (χ0) is 9.14. The zero-order valence-electron chi connectivity index (χ0n) is 7.00. The molecule has 2 atom stereocenters. The standard InChI is InChI=1S/C8H12ClNO2/c1-6(12)10-3-2-7(9)4-8(10)5-11/h5,7-8H,2-4H2,1H3. The van der Waals surface area contributed by atoms with Crippen molar-refractivity contribution in [3.63, 3.8) is 0 Å². The van der Waals surface area contributed by atoms with Crippen molar-refractivity contribution in [2.75, 3.05) is 6.54 Å². The highest BCUT2D eigenvalue weighted by Crippen LogP contribution is 2.20. The van der Waals surface area contributed by atoms with Crippen LogP contribution in [0.1, 0.15) is 19.8 Å². The lowest BCUT2D eigenvalue weighted by Crippen LogP contribution is -2.46. The van der Waals surface area contributed by atoms with E-state index in [4.69, 9.17) is 11.6 Å². The van der Waals surface area contributed by atoms with Crippen LogP contribution in [0.4, 0.5) is 0 Å². The number of hydrogen-bond acceptors (Lipinski definition) is 2. The normalized spacial score (nSPS) is 30.0. The monoisotopic (exact) mass is 189 g/mol. The molecule has 0 aromatic rings. The van der Waals surface area contributed by atoms with Gasteiger partial charge < -0.3 is 9.69 Å². The fourth-order valence-electron chi connectivity index (χ4n) is 1.47. The molecule has 4 heteroatoms. The number of alkyl halides is 1. The number of aldehydes is 1. The number of carbonyl (C=O) groups is 2. The summed E-state index contributed by atoms with van der Waals surface area (Å²) in [6.07, 6.45) is 2.17. The van der Waals surface area contributed by atoms with Crippen molar-refractivity contribution in [1.29, 1.82) is 0 Å². The van der Waals surface area contributed by atoms with Crippen LogP contribution >= 0.6 is 11.6 Å². The average molecular weight is 190 g/mol. The van der Waals surface area contributed by atoms with Crippen molar-refractivity contribution in [3.8, 4) is 0 Å². The Morgan fingerprint density at radius 3 is 2.83 bits per heavy atom. The van der Waals surface area contributed by atoms with Crippen molar-refractivity contribution in [2.24, 2.45) is 0 Å². The van der Waals surface area contributed by atoms with E-state index in [1.54, 1.807) is 4.90 Å². The molecule has 0 aromatic carbocycles. The molecule has 1 aliphatic heterocycles. The van der Waals surface area contributed by atoms with Gasteiger partial charge in [0.05, 0.1) is 6.04 Å². The van der Waals surface area contributed by atoms with E-state index in [0.717, 1.165) is 12.7 Å². The Morgan fingerprint density at radius 2 is 2.33 bits per heavy atom. The predicted octanol–water partition coefficient (Wildman–Crippen LogP) is 0.804. The molecular formula is C8H12ClNO2. The second-order valence-electron chi connectivity index (χ2n) is 3.04. The highest BCUT2D eigenvalue weighted by Gasteiger charge is 2.28. The summed E-state index contributed by atoms with van der Waals surface area (Å²) in [6, 6.07) is -0.307. The van der Waals surface area contributed by atoms with Gasteiger partial charge in [-0.05, 0) is 12.8 Å². The lowest BCUT2D eigenvalue weighted by Gasteiger charge is -2.33. The van der Waals surface area contributed by atoms with E-state index < -0.39 is 0 Å². The average Bonchev–Trinajstić information content (AvgIpc) is 2.03. The smallest absolute Gasteiger partial charge is 0.220 e. The molecule has 1 amide bonds. The Balaban J connectivity index is 2.62. The number of halogens is 1. The fourth-order valence-corrected chi connectivity index (χ4v) is 1.75. The van der Waals surface area contributed by atoms with E-state index in [0.29, 0.717) is 13.0 Å². The highest BCUT2D eigenvalue weighted by atomic mass is 35.5. The summed E-state index contributed by atoms with van der Waals surface area (Å²) >= 11 is 5.86. The topological polar surface area (TPSA) is 37.4 Å². The van der Waals surface area contributed by atoms with Crippen LogP contribution in [0.2, 0.25) is 0 Å². The first-order chi connectivity index (χ1) is 5.65. The maximum absolute atomic E-state index is 11.0. The Bertz CT molecular complexity index is 195. The van der Waals surface area contributed by atoms with Gasteiger partial charge in [-0.15, -0.1) is 11.6 Å². The van der Waals surface area contributed by atoms with Gasteiger partial charge in [-0.3, -0.25) is 4.79 Å². The minimum Gasteiger partial charge on any atom is -0.333 e. The Hall–Kier alpha value is -0.570. The van der Waals surface area contributed by atoms with E-state index >= 15 is 0 Å². The van der Waals surface area contributed by atoms with Crippen LogP contribution < -0.4 is 0 Å². The molecule has 2 unspecified atom stereocenters. The molecule has 0 N–H and O–H groups in total. The van der Waals surface area contributed by atoms with Gasteiger partial charge in [-0.25, -0.2) is 0 Å². The van der Waals surface area contributed by atoms with Crippen LogP contribution in [-0.2, 0) is 9.59 Å². The molecule has 0 spiro atoms. The van der Waals surface area contributed by atoms with Gasteiger partial charge in [0.2, 0.25) is 5.91 Å². The van der Waals surface area contributed by atoms with Crippen molar-refractivity contribution < 1.29 is 9.59 Å². The lowest BCUT2D eigenvalue weighted by atomic mass is 10.0. The van der Waals surface area contributed by atoms with Gasteiger partial charge in [0.25, 0.3) is 0 Å². The SMILES string of the molecule is CC(=O)N1CCC(Cl)CC1C=O. The van der Waals surface area contributed by atoms with Crippen molar-refractivity contribution in [1.82, 2.24) is 4.90 Å². The molecule has 1 saturated heterocycles. The largest absolute Gasteiger partial charge is 0.333 e. The summed E-state index contributed by atoms with van der Waals surface area (Å²) in [7, 11) is 0. The van der Waals surface area contributed by atoms with Crippen molar-refractivity contribution >= 4 is 23.8 Å². The summed E-state index contributed by atoms with van der Waals surface area (Å²) in [4.78, 5) is 23.1. The Morgan fingerprint density at radius 1 is 1.67 bits per heavy atom. The molecule has 1 fully saturated rings. The van der Waals surface area contributed by atoms with Crippen LogP contribution in [0.25, 0.3) is 0 Å². The number of hydrogen-bond donors (Lipinski definition) is 0. The van der Waals surface area contributed by atoms with Crippen LogP contribution in [0.5, 0.6) is 0 Å². The van der Waals surface area contributed by atoms with Gasteiger partial charge in [0.1, 0.15) is 6.29 Å². The molecule has 3 nitrogen and oxygen atoms in total. The van der Waals surface area contributed by atoms with Crippen LogP contribution in [-0.4, -0.2) is 35.1 Å². The summed E-state index contributed by atoms with van der Waals surface area (Å²) in [5, 5.41) is 0.0378. The summed E-state index contributed by atoms with van der Waals surface area (Å²) in [5.41, 5.74) is 0. The van der Waals surface area contributed by atoms with Crippen LogP contribution in [0.3, 0.4) is 0 Å². The molecule has 0 aromatic heterocycles. The second-order valence-corrected chi connectivity index (χ2v) is 3.65. The van der Waals surface area contributed by atoms with Crippen LogP contribution in [0.15, 0.2) is 0 Å². The summed E-state index contributed by atoms with van der Waals surface area (Å²) < 4.78 is 0. The Kier molecular flexibility index (Phi) is 3.09. The molecule has 68 valence electrons. The van der Waals surface area contributed by atoms with Crippen molar-refractivity contribution in [2.45, 2.75) is 31.2 Å². The van der Waals surface area contributed by atoms with Crippen molar-refractivity contribution in [3.05, 3.63) is 0 Å². The van der Waals surface area contributed by atoms with Gasteiger partial charge in [0.15, 0.2) is 0 Å². The Labute approximate surface area is 76.7 Å². The summed E-state index contributed by atoms with van der Waals surface area (Å²) in [5.74, 6) is -0.0457. The summed E-state index contributed by atoms with van der Waals surface area (Å²) in [6.45, 7) is 2.08. The molecule has 0 bridgehead atoms. The highest BCUT2D eigenvalue weighted by molar-refractivity contribution is 6.20. The third-order valence-corrected chi connectivity index (χ3v) is 2.54. The molecule has 0 radical (unpaired) electrons. The van der Waals surface area contributed by atoms with Gasteiger partial charge >= 0.3 is 0 Å². The minimum absolute atomic E-state index is 0.0378. The molecule has 12 heavy (non-hydrogen) atoms. The van der Waals surface area contributed by atoms with E-state index in [1.165, 1.54) is 6.92 Å². The fraction of sp³-hybridized carbons (Fsp3) is 0.750. The van der Waals surface area contributed by atoms with E-state index in [1.807, 2.05) is 0 Å². The first-order valence-corrected chi connectivity index (χ1v) is 4.45. The third-order valence-electron chi connectivity index (χ3n) is 2.14. The molecule has 1 heterocycles. The van der Waals surface area contributed by atoms with Gasteiger partial charge in [-0.2, -0.15) is 0 Å². The molecular weight excluding hydrogens is 178 g/mol. The first kappa shape index (κ1) is 9.52. The number of piperidine rings is 1. The van der Waals surface area contributed by atoms with Gasteiger partial charge in [-0.1, -0.05) is 0 Å². The third kappa shape index (κ3) is 1.97. The van der Waals surface area contributed by atoms with E-state index in [2.05, 4.69) is 0 Å². The quantitative estimate of drug-likeness (QED) is 0.452. The van der Waals surface area contributed by atoms with E-state index in [-0.39, 0.29) is 17.3 Å². The maximum Gasteiger partial charge on any atom is 0.220 e. The van der Waals surface area contributed by atoms with E-state index in [9.17, 15) is 9.59 Å². The maximum atomic E-state index is 11.0. The second kappa shape index (κ2) is 3.90. The number of likely N-dealkylation sites (tertiary alicyclic amines) is 1. The predicted molar refractivity (Wildman–Crippen MR) is 46.1 cm³/mol. The first-order valence-electron chi connectivity index (χ1n) is 4.01. The number of nitrogens with zero attached hydrogens (tertiary/aromatic N) is 1. The van der Waals surface area contributed by atoms with Gasteiger partial charge in [0, 0.05) is 18.8 Å². The van der Waals surface area contributed by atoms with Crippen LogP contribution in [0, 0.1) is 0 Å². The lowest BCUT2D eigenvalue weighted by molar-refractivity contribution is -0.135. The minimum atomic E-state index is -0.307. The molecule has 0 saturated carbocycles.